The lowest BCUT2D eigenvalue weighted by atomic mass is 10.0. The summed E-state index contributed by atoms with van der Waals surface area (Å²) in [5.41, 5.74) is 2.09. The van der Waals surface area contributed by atoms with Crippen molar-refractivity contribution in [3.05, 3.63) is 70.9 Å². The molecule has 138 valence electrons. The zero-order chi connectivity index (χ0) is 19.0. The van der Waals surface area contributed by atoms with Gasteiger partial charge in [0.15, 0.2) is 0 Å². The first-order valence-electron chi connectivity index (χ1n) is 8.81. The quantitative estimate of drug-likeness (QED) is 0.726. The summed E-state index contributed by atoms with van der Waals surface area (Å²) in [6.45, 7) is 2.27. The van der Waals surface area contributed by atoms with Gasteiger partial charge in [0.1, 0.15) is 17.4 Å². The fraction of sp³-hybridized carbons (Fsp3) is 0.238. The van der Waals surface area contributed by atoms with Crippen LogP contribution in [0.1, 0.15) is 40.5 Å². The molecule has 2 heterocycles. The summed E-state index contributed by atoms with van der Waals surface area (Å²) in [6, 6.07) is 9.81. The van der Waals surface area contributed by atoms with E-state index in [1.165, 1.54) is 24.3 Å². The number of ether oxygens (including phenoxy) is 1. The highest BCUT2D eigenvalue weighted by Gasteiger charge is 2.23. The van der Waals surface area contributed by atoms with Crippen molar-refractivity contribution in [2.24, 2.45) is 0 Å². The molecule has 1 aliphatic rings. The number of carbonyl (C=O) groups is 1. The van der Waals surface area contributed by atoms with Gasteiger partial charge in [-0.15, -0.1) is 0 Å². The normalized spacial score (nSPS) is 16.3. The summed E-state index contributed by atoms with van der Waals surface area (Å²) in [4.78, 5) is 17.3. The highest BCUT2D eigenvalue weighted by atomic mass is 19.1. The molecule has 0 radical (unpaired) electrons. The Bertz CT molecular complexity index is 1030. The van der Waals surface area contributed by atoms with Crippen LogP contribution in [0, 0.1) is 18.6 Å². The molecule has 6 heteroatoms. The fourth-order valence-corrected chi connectivity index (χ4v) is 3.46. The van der Waals surface area contributed by atoms with Crippen LogP contribution in [0.25, 0.3) is 10.9 Å². The van der Waals surface area contributed by atoms with Crippen LogP contribution in [-0.2, 0) is 0 Å². The number of benzene rings is 2. The van der Waals surface area contributed by atoms with Crippen molar-refractivity contribution in [1.82, 2.24) is 10.3 Å². The molecule has 1 N–H and O–H groups in total. The third-order valence-corrected chi connectivity index (χ3v) is 4.69. The summed E-state index contributed by atoms with van der Waals surface area (Å²) >= 11 is 0. The lowest BCUT2D eigenvalue weighted by Gasteiger charge is -2.19. The lowest BCUT2D eigenvalue weighted by molar-refractivity contribution is 0.0936. The molecule has 0 unspecified atom stereocenters. The first-order valence-corrected chi connectivity index (χ1v) is 8.81. The standard InChI is InChI=1S/C21H18F2N2O2/c1-12-9-16(15-6-4-14(23)11-19(15)24-12)21(26)25-18-3-2-8-27-20-7-5-13(22)10-17(18)20/h4-7,9-11,18H,2-3,8H2,1H3,(H,25,26)/t18-/m0/s1. The van der Waals surface area contributed by atoms with Crippen LogP contribution < -0.4 is 10.1 Å². The van der Waals surface area contributed by atoms with Crippen LogP contribution in [-0.4, -0.2) is 17.5 Å². The molecule has 1 aliphatic heterocycles. The molecule has 27 heavy (non-hydrogen) atoms. The smallest absolute Gasteiger partial charge is 0.252 e. The molecule has 2 aromatic carbocycles. The number of amides is 1. The molecular formula is C21H18F2N2O2. The van der Waals surface area contributed by atoms with Crippen LogP contribution in [0.3, 0.4) is 0 Å². The largest absolute Gasteiger partial charge is 0.493 e. The number of aryl methyl sites for hydroxylation is 1. The summed E-state index contributed by atoms with van der Waals surface area (Å²) in [7, 11) is 0. The van der Waals surface area contributed by atoms with Gasteiger partial charge in [0.25, 0.3) is 5.91 Å². The first-order chi connectivity index (χ1) is 13.0. The average molecular weight is 368 g/mol. The molecule has 1 amide bonds. The van der Waals surface area contributed by atoms with Crippen molar-refractivity contribution < 1.29 is 18.3 Å². The predicted molar refractivity (Wildman–Crippen MR) is 97.8 cm³/mol. The number of nitrogens with one attached hydrogen (secondary N) is 1. The van der Waals surface area contributed by atoms with Gasteiger partial charge in [0.05, 0.1) is 23.7 Å². The Morgan fingerprint density at radius 2 is 1.93 bits per heavy atom. The second-order valence-electron chi connectivity index (χ2n) is 6.67. The summed E-state index contributed by atoms with van der Waals surface area (Å²) in [6.07, 6.45) is 1.38. The van der Waals surface area contributed by atoms with E-state index in [0.717, 1.165) is 6.42 Å². The number of hydrogen-bond acceptors (Lipinski definition) is 3. The topological polar surface area (TPSA) is 51.2 Å². The summed E-state index contributed by atoms with van der Waals surface area (Å²) in [5.74, 6) is -0.507. The zero-order valence-electron chi connectivity index (χ0n) is 14.8. The molecule has 4 rings (SSSR count). The molecule has 4 nitrogen and oxygen atoms in total. The van der Waals surface area contributed by atoms with E-state index in [4.69, 9.17) is 4.74 Å². The SMILES string of the molecule is Cc1cc(C(=O)N[C@H]2CCCOc3ccc(F)cc32)c2ccc(F)cc2n1. The van der Waals surface area contributed by atoms with Crippen LogP contribution in [0.4, 0.5) is 8.78 Å². The van der Waals surface area contributed by atoms with E-state index in [2.05, 4.69) is 10.3 Å². The molecule has 3 aromatic rings. The molecule has 0 saturated heterocycles. The third kappa shape index (κ3) is 3.47. The van der Waals surface area contributed by atoms with Gasteiger partial charge in [0.2, 0.25) is 0 Å². The van der Waals surface area contributed by atoms with E-state index in [0.29, 0.717) is 46.5 Å². The van der Waals surface area contributed by atoms with Gasteiger partial charge >= 0.3 is 0 Å². The van der Waals surface area contributed by atoms with Gasteiger partial charge in [-0.1, -0.05) is 0 Å². The van der Waals surface area contributed by atoms with Crippen LogP contribution in [0.2, 0.25) is 0 Å². The Hall–Kier alpha value is -3.02. The highest BCUT2D eigenvalue weighted by molar-refractivity contribution is 6.06. The second kappa shape index (κ2) is 6.95. The monoisotopic (exact) mass is 368 g/mol. The minimum Gasteiger partial charge on any atom is -0.493 e. The van der Waals surface area contributed by atoms with E-state index < -0.39 is 5.82 Å². The zero-order valence-corrected chi connectivity index (χ0v) is 14.8. The minimum absolute atomic E-state index is 0.306. The molecule has 0 spiro atoms. The van der Waals surface area contributed by atoms with Gasteiger partial charge < -0.3 is 10.1 Å². The van der Waals surface area contributed by atoms with Crippen molar-refractivity contribution in [1.29, 1.82) is 0 Å². The number of nitrogens with zero attached hydrogens (tertiary/aromatic N) is 1. The summed E-state index contributed by atoms with van der Waals surface area (Å²) in [5, 5.41) is 3.56. The van der Waals surface area contributed by atoms with Crippen LogP contribution >= 0.6 is 0 Å². The number of aromatic nitrogens is 1. The first kappa shape index (κ1) is 17.4. The second-order valence-corrected chi connectivity index (χ2v) is 6.67. The maximum atomic E-state index is 13.7. The highest BCUT2D eigenvalue weighted by Crippen LogP contribution is 2.32. The van der Waals surface area contributed by atoms with Crippen molar-refractivity contribution in [3.63, 3.8) is 0 Å². The van der Waals surface area contributed by atoms with Gasteiger partial charge in [0, 0.05) is 22.7 Å². The number of fused-ring (bicyclic) bond motifs is 2. The van der Waals surface area contributed by atoms with Crippen LogP contribution in [0.5, 0.6) is 5.75 Å². The average Bonchev–Trinajstić information content (AvgIpc) is 2.82. The minimum atomic E-state index is -0.405. The molecule has 0 aliphatic carbocycles. The molecule has 1 atom stereocenters. The summed E-state index contributed by atoms with van der Waals surface area (Å²) < 4.78 is 32.9. The Kier molecular flexibility index (Phi) is 4.48. The predicted octanol–water partition coefficient (Wildman–Crippen LogP) is 4.47. The van der Waals surface area contributed by atoms with Gasteiger partial charge in [-0.3, -0.25) is 9.78 Å². The van der Waals surface area contributed by atoms with E-state index in [1.54, 1.807) is 25.1 Å². The van der Waals surface area contributed by atoms with E-state index in [-0.39, 0.29) is 17.8 Å². The maximum Gasteiger partial charge on any atom is 0.252 e. The third-order valence-electron chi connectivity index (χ3n) is 4.69. The Balaban J connectivity index is 1.71. The number of carbonyl (C=O) groups excluding carboxylic acids is 1. The number of halogens is 2. The van der Waals surface area contributed by atoms with Gasteiger partial charge in [-0.2, -0.15) is 0 Å². The van der Waals surface area contributed by atoms with Crippen molar-refractivity contribution in [2.75, 3.05) is 6.61 Å². The molecule has 0 fully saturated rings. The number of pyridine rings is 1. The fourth-order valence-electron chi connectivity index (χ4n) is 3.46. The van der Waals surface area contributed by atoms with E-state index in [9.17, 15) is 13.6 Å². The van der Waals surface area contributed by atoms with E-state index >= 15 is 0 Å². The maximum absolute atomic E-state index is 13.7. The van der Waals surface area contributed by atoms with Crippen molar-refractivity contribution in [2.45, 2.75) is 25.8 Å². The number of hydrogen-bond donors (Lipinski definition) is 1. The van der Waals surface area contributed by atoms with Crippen molar-refractivity contribution >= 4 is 16.8 Å². The van der Waals surface area contributed by atoms with Crippen molar-refractivity contribution in [3.8, 4) is 5.75 Å². The lowest BCUT2D eigenvalue weighted by Crippen LogP contribution is -2.28. The number of rotatable bonds is 2. The van der Waals surface area contributed by atoms with Gasteiger partial charge in [-0.05, 0) is 56.2 Å². The van der Waals surface area contributed by atoms with E-state index in [1.807, 2.05) is 0 Å². The molecule has 0 saturated carbocycles. The molecule has 0 bridgehead atoms. The van der Waals surface area contributed by atoms with Gasteiger partial charge in [-0.25, -0.2) is 8.78 Å². The Morgan fingerprint density at radius 3 is 2.78 bits per heavy atom. The van der Waals surface area contributed by atoms with Crippen LogP contribution in [0.15, 0.2) is 42.5 Å². The Labute approximate surface area is 155 Å². The Morgan fingerprint density at radius 1 is 1.15 bits per heavy atom. The molecular weight excluding hydrogens is 350 g/mol. The molecule has 1 aromatic heterocycles.